The van der Waals surface area contributed by atoms with E-state index in [1.54, 1.807) is 18.7 Å². The van der Waals surface area contributed by atoms with Gasteiger partial charge in [-0.05, 0) is 13.8 Å². The van der Waals surface area contributed by atoms with E-state index in [0.29, 0.717) is 16.7 Å². The summed E-state index contributed by atoms with van der Waals surface area (Å²) in [5.74, 6) is -1.09. The van der Waals surface area contributed by atoms with Crippen molar-refractivity contribution < 1.29 is 14.7 Å². The molecule has 8 nitrogen and oxygen atoms in total. The minimum Gasteiger partial charge on any atom is -0.480 e. The second kappa shape index (κ2) is 5.38. The average molecular weight is 338 g/mol. The van der Waals surface area contributed by atoms with Gasteiger partial charge in [-0.1, -0.05) is 11.6 Å². The van der Waals surface area contributed by atoms with Crippen LogP contribution in [0.1, 0.15) is 34.9 Å². The van der Waals surface area contributed by atoms with E-state index >= 15 is 0 Å². The van der Waals surface area contributed by atoms with E-state index in [9.17, 15) is 9.59 Å². The molecule has 2 aromatic rings. The first-order valence-corrected chi connectivity index (χ1v) is 7.45. The highest BCUT2D eigenvalue weighted by Gasteiger charge is 2.35. The lowest BCUT2D eigenvalue weighted by Gasteiger charge is -2.24. The van der Waals surface area contributed by atoms with Crippen molar-refractivity contribution >= 4 is 29.3 Å². The number of aliphatic carboxylic acids is 1. The first-order valence-electron chi connectivity index (χ1n) is 7.07. The largest absolute Gasteiger partial charge is 0.480 e. The van der Waals surface area contributed by atoms with Crippen LogP contribution in [0.2, 0.25) is 5.15 Å². The summed E-state index contributed by atoms with van der Waals surface area (Å²) in [5.41, 5.74) is 2.99. The van der Waals surface area contributed by atoms with Crippen molar-refractivity contribution in [3.8, 4) is 0 Å². The van der Waals surface area contributed by atoms with Crippen LogP contribution < -0.4 is 5.32 Å². The fraction of sp³-hybridized carbons (Fsp3) is 0.429. The third kappa shape index (κ3) is 2.48. The Bertz CT molecular complexity index is 823. The third-order valence-electron chi connectivity index (χ3n) is 4.00. The van der Waals surface area contributed by atoms with E-state index in [2.05, 4.69) is 15.5 Å². The van der Waals surface area contributed by atoms with Crippen LogP contribution in [0.5, 0.6) is 0 Å². The molecule has 0 fully saturated rings. The monoisotopic (exact) mass is 337 g/mol. The molecular weight excluding hydrogens is 322 g/mol. The quantitative estimate of drug-likeness (QED) is 0.882. The number of carboxylic acids is 1. The molecule has 1 atom stereocenters. The van der Waals surface area contributed by atoms with Crippen LogP contribution >= 0.6 is 11.6 Å². The predicted octanol–water partition coefficient (Wildman–Crippen LogP) is 1.45. The summed E-state index contributed by atoms with van der Waals surface area (Å²) in [6, 6.07) is 0. The lowest BCUT2D eigenvalue weighted by atomic mass is 9.86. The Hall–Kier alpha value is -2.35. The Morgan fingerprint density at radius 2 is 2.00 bits per heavy atom. The first-order chi connectivity index (χ1) is 10.8. The van der Waals surface area contributed by atoms with Gasteiger partial charge in [0.15, 0.2) is 0 Å². The number of nitrogens with zero attached hydrogens (tertiary/aromatic N) is 4. The standard InChI is InChI=1S/C14H16ClN5O3/c1-6-11(13(15)19(3)17-6)8-4-9(21)16-14-12(8)7(2)18-20(14)5-10(22)23/h8H,4-5H2,1-3H3,(H,16,21)(H,22,23)/t8-/m0/s1. The Kier molecular flexibility index (Phi) is 3.63. The van der Waals surface area contributed by atoms with Crippen LogP contribution in [0.15, 0.2) is 0 Å². The molecule has 1 aliphatic heterocycles. The van der Waals surface area contributed by atoms with Gasteiger partial charge in [-0.25, -0.2) is 4.68 Å². The number of anilines is 1. The highest BCUT2D eigenvalue weighted by atomic mass is 35.5. The number of carbonyl (C=O) groups is 2. The van der Waals surface area contributed by atoms with Crippen molar-refractivity contribution in [1.82, 2.24) is 19.6 Å². The van der Waals surface area contributed by atoms with Crippen molar-refractivity contribution in [2.45, 2.75) is 32.7 Å². The molecule has 1 aliphatic rings. The van der Waals surface area contributed by atoms with Crippen molar-refractivity contribution in [2.24, 2.45) is 7.05 Å². The van der Waals surface area contributed by atoms with Crippen LogP contribution in [0.25, 0.3) is 0 Å². The molecule has 1 amide bonds. The SMILES string of the molecule is Cc1nn(C)c(Cl)c1[C@@H]1CC(=O)Nc2c1c(C)nn2CC(=O)O. The third-order valence-corrected chi connectivity index (χ3v) is 4.45. The average Bonchev–Trinajstić information content (AvgIpc) is 2.86. The molecule has 0 saturated carbocycles. The number of amides is 1. The molecule has 122 valence electrons. The predicted molar refractivity (Wildman–Crippen MR) is 82.6 cm³/mol. The van der Waals surface area contributed by atoms with E-state index in [1.165, 1.54) is 4.68 Å². The maximum absolute atomic E-state index is 12.1. The molecule has 9 heteroatoms. The first kappa shape index (κ1) is 15.5. The summed E-state index contributed by atoms with van der Waals surface area (Å²) < 4.78 is 2.87. The van der Waals surface area contributed by atoms with Gasteiger partial charge in [-0.2, -0.15) is 10.2 Å². The van der Waals surface area contributed by atoms with Gasteiger partial charge in [0.25, 0.3) is 0 Å². The number of aromatic nitrogens is 4. The topological polar surface area (TPSA) is 102 Å². The zero-order chi connectivity index (χ0) is 16.9. The zero-order valence-corrected chi connectivity index (χ0v) is 13.7. The summed E-state index contributed by atoms with van der Waals surface area (Å²) in [6.07, 6.45) is 0.221. The summed E-state index contributed by atoms with van der Waals surface area (Å²) >= 11 is 6.35. The summed E-state index contributed by atoms with van der Waals surface area (Å²) in [6.45, 7) is 3.31. The van der Waals surface area contributed by atoms with Gasteiger partial charge in [-0.15, -0.1) is 0 Å². The van der Waals surface area contributed by atoms with Crippen LogP contribution in [0.4, 0.5) is 5.82 Å². The molecular formula is C14H16ClN5O3. The molecule has 0 aliphatic carbocycles. The van der Waals surface area contributed by atoms with Gasteiger partial charge in [-0.3, -0.25) is 14.3 Å². The molecule has 23 heavy (non-hydrogen) atoms. The summed E-state index contributed by atoms with van der Waals surface area (Å²) in [7, 11) is 1.74. The molecule has 3 rings (SSSR count). The van der Waals surface area contributed by atoms with Crippen molar-refractivity contribution in [3.63, 3.8) is 0 Å². The van der Waals surface area contributed by atoms with Crippen molar-refractivity contribution in [3.05, 3.63) is 27.7 Å². The van der Waals surface area contributed by atoms with Crippen LogP contribution in [-0.2, 0) is 23.2 Å². The molecule has 0 bridgehead atoms. The lowest BCUT2D eigenvalue weighted by Crippen LogP contribution is -2.26. The van der Waals surface area contributed by atoms with Crippen molar-refractivity contribution in [1.29, 1.82) is 0 Å². The van der Waals surface area contributed by atoms with Crippen molar-refractivity contribution in [2.75, 3.05) is 5.32 Å². The number of halogens is 1. The van der Waals surface area contributed by atoms with E-state index < -0.39 is 5.97 Å². The van der Waals surface area contributed by atoms with Gasteiger partial charge in [0.1, 0.15) is 17.5 Å². The Balaban J connectivity index is 2.18. The highest BCUT2D eigenvalue weighted by Crippen LogP contribution is 2.42. The van der Waals surface area contributed by atoms with E-state index in [0.717, 1.165) is 16.8 Å². The maximum Gasteiger partial charge on any atom is 0.325 e. The van der Waals surface area contributed by atoms with Gasteiger partial charge in [0.05, 0.1) is 11.4 Å². The Morgan fingerprint density at radius 3 is 2.57 bits per heavy atom. The van der Waals surface area contributed by atoms with E-state index in [-0.39, 0.29) is 24.8 Å². The second-order valence-corrected chi connectivity index (χ2v) is 5.98. The number of hydrogen-bond donors (Lipinski definition) is 2. The second-order valence-electron chi connectivity index (χ2n) is 5.62. The van der Waals surface area contributed by atoms with Gasteiger partial charge in [0.2, 0.25) is 5.91 Å². The van der Waals surface area contributed by atoms with Crippen LogP contribution in [0.3, 0.4) is 0 Å². The lowest BCUT2D eigenvalue weighted by molar-refractivity contribution is -0.137. The fourth-order valence-electron chi connectivity index (χ4n) is 3.15. The number of carboxylic acid groups (broad SMARTS) is 1. The smallest absolute Gasteiger partial charge is 0.325 e. The molecule has 2 aromatic heterocycles. The molecule has 0 radical (unpaired) electrons. The van der Waals surface area contributed by atoms with Gasteiger partial charge >= 0.3 is 5.97 Å². The fourth-order valence-corrected chi connectivity index (χ4v) is 3.45. The minimum atomic E-state index is -1.03. The normalized spacial score (nSPS) is 17.0. The summed E-state index contributed by atoms with van der Waals surface area (Å²) in [4.78, 5) is 23.1. The maximum atomic E-state index is 12.1. The molecule has 0 saturated heterocycles. The van der Waals surface area contributed by atoms with Crippen LogP contribution in [0, 0.1) is 13.8 Å². The number of rotatable bonds is 3. The zero-order valence-electron chi connectivity index (χ0n) is 12.9. The number of carbonyl (C=O) groups excluding carboxylic acids is 1. The van der Waals surface area contributed by atoms with Gasteiger partial charge < -0.3 is 10.4 Å². The highest BCUT2D eigenvalue weighted by molar-refractivity contribution is 6.30. The number of aryl methyl sites for hydroxylation is 3. The molecule has 0 spiro atoms. The van der Waals surface area contributed by atoms with E-state index in [1.807, 2.05) is 6.92 Å². The number of nitrogens with one attached hydrogen (secondary N) is 1. The van der Waals surface area contributed by atoms with Gasteiger partial charge in [0, 0.05) is 30.5 Å². The molecule has 0 unspecified atom stereocenters. The molecule has 2 N–H and O–H groups in total. The summed E-state index contributed by atoms with van der Waals surface area (Å²) in [5, 5.41) is 20.8. The van der Waals surface area contributed by atoms with E-state index in [4.69, 9.17) is 16.7 Å². The Morgan fingerprint density at radius 1 is 1.35 bits per heavy atom. The Labute approximate surface area is 137 Å². The van der Waals surface area contributed by atoms with Crippen LogP contribution in [-0.4, -0.2) is 36.5 Å². The minimum absolute atomic E-state index is 0.201. The number of fused-ring (bicyclic) bond motifs is 1. The number of hydrogen-bond acceptors (Lipinski definition) is 4. The molecule has 3 heterocycles. The molecule has 0 aromatic carbocycles.